The van der Waals surface area contributed by atoms with Crippen LogP contribution >= 0.6 is 0 Å². The maximum atomic E-state index is 12.6. The molecule has 0 spiro atoms. The number of aliphatic hydroxyl groups excluding tert-OH is 1. The van der Waals surface area contributed by atoms with Crippen LogP contribution in [0.15, 0.2) is 35.2 Å². The minimum Gasteiger partial charge on any atom is -0.395 e. The molecule has 8 nitrogen and oxygen atoms in total. The van der Waals surface area contributed by atoms with E-state index in [4.69, 9.17) is 5.11 Å². The van der Waals surface area contributed by atoms with Gasteiger partial charge in [0.2, 0.25) is 10.0 Å². The van der Waals surface area contributed by atoms with Crippen LogP contribution in [0.2, 0.25) is 0 Å². The second-order valence-electron chi connectivity index (χ2n) is 5.38. The Kier molecular flexibility index (Phi) is 4.09. The number of piperazine rings is 1. The molecule has 1 aromatic rings. The van der Waals surface area contributed by atoms with Crippen molar-refractivity contribution in [1.29, 1.82) is 0 Å². The van der Waals surface area contributed by atoms with Gasteiger partial charge in [0.25, 0.3) is 5.91 Å². The minimum absolute atomic E-state index is 0.0657. The molecule has 1 unspecified atom stereocenters. The lowest BCUT2D eigenvalue weighted by atomic mass is 10.2. The van der Waals surface area contributed by atoms with E-state index in [1.807, 2.05) is 0 Å². The molecule has 0 saturated carbocycles. The Hall–Kier alpha value is -1.97. The number of benzene rings is 1. The molecule has 2 saturated heterocycles. The molecule has 2 aliphatic rings. The van der Waals surface area contributed by atoms with E-state index in [2.05, 4.69) is 0 Å². The zero-order valence-corrected chi connectivity index (χ0v) is 13.1. The lowest BCUT2D eigenvalue weighted by molar-refractivity contribution is -0.129. The summed E-state index contributed by atoms with van der Waals surface area (Å²) in [5, 5.41) is 8.95. The fourth-order valence-corrected chi connectivity index (χ4v) is 4.35. The van der Waals surface area contributed by atoms with Gasteiger partial charge >= 0.3 is 6.03 Å². The maximum Gasteiger partial charge on any atom is 0.327 e. The molecule has 1 N–H and O–H groups in total. The van der Waals surface area contributed by atoms with Crippen molar-refractivity contribution in [2.24, 2.45) is 0 Å². The third kappa shape index (κ3) is 2.60. The van der Waals surface area contributed by atoms with Gasteiger partial charge in [0.1, 0.15) is 6.04 Å². The van der Waals surface area contributed by atoms with Crippen molar-refractivity contribution in [2.75, 3.05) is 32.8 Å². The monoisotopic (exact) mass is 339 g/mol. The summed E-state index contributed by atoms with van der Waals surface area (Å²) in [7, 11) is -3.70. The van der Waals surface area contributed by atoms with Crippen LogP contribution in [-0.4, -0.2) is 78.4 Å². The minimum atomic E-state index is -3.70. The number of rotatable bonds is 4. The SMILES string of the molecule is O=C1C2CN(S(=O)(=O)c3ccccc3)CCN2C(=O)N1CCO. The van der Waals surface area contributed by atoms with Crippen molar-refractivity contribution < 1.29 is 23.1 Å². The Morgan fingerprint density at radius 1 is 1.13 bits per heavy atom. The molecule has 0 bridgehead atoms. The number of sulfonamides is 1. The van der Waals surface area contributed by atoms with Crippen LogP contribution in [0.3, 0.4) is 0 Å². The first kappa shape index (κ1) is 15.9. The molecule has 2 heterocycles. The van der Waals surface area contributed by atoms with Crippen molar-refractivity contribution in [2.45, 2.75) is 10.9 Å². The molecule has 1 atom stereocenters. The molecule has 124 valence electrons. The fourth-order valence-electron chi connectivity index (χ4n) is 2.89. The third-order valence-corrected chi connectivity index (χ3v) is 5.95. The number of β-amino-alcohol motifs (C(OH)–C–C–N with tert-alkyl or cyclic N) is 1. The topological polar surface area (TPSA) is 98.2 Å². The zero-order chi connectivity index (χ0) is 16.6. The van der Waals surface area contributed by atoms with Gasteiger partial charge in [-0.25, -0.2) is 13.2 Å². The highest BCUT2D eigenvalue weighted by Crippen LogP contribution is 2.25. The number of amides is 3. The van der Waals surface area contributed by atoms with Crippen molar-refractivity contribution >= 4 is 22.0 Å². The zero-order valence-electron chi connectivity index (χ0n) is 12.3. The highest BCUT2D eigenvalue weighted by atomic mass is 32.2. The van der Waals surface area contributed by atoms with Gasteiger partial charge < -0.3 is 10.0 Å². The van der Waals surface area contributed by atoms with Gasteiger partial charge in [0.15, 0.2) is 0 Å². The summed E-state index contributed by atoms with van der Waals surface area (Å²) in [6.07, 6.45) is 0. The Morgan fingerprint density at radius 3 is 2.48 bits per heavy atom. The number of imide groups is 1. The highest BCUT2D eigenvalue weighted by Gasteiger charge is 2.49. The normalized spacial score (nSPS) is 22.6. The van der Waals surface area contributed by atoms with Crippen LogP contribution in [0.1, 0.15) is 0 Å². The number of urea groups is 1. The van der Waals surface area contributed by atoms with Gasteiger partial charge in [-0.3, -0.25) is 9.69 Å². The smallest absolute Gasteiger partial charge is 0.327 e. The first-order valence-corrected chi connectivity index (χ1v) is 8.69. The number of nitrogens with zero attached hydrogens (tertiary/aromatic N) is 3. The summed E-state index contributed by atoms with van der Waals surface area (Å²) < 4.78 is 26.5. The molecule has 2 aliphatic heterocycles. The van der Waals surface area contributed by atoms with E-state index in [-0.39, 0.29) is 37.7 Å². The molecule has 3 rings (SSSR count). The molecule has 0 radical (unpaired) electrons. The van der Waals surface area contributed by atoms with Crippen LogP contribution in [-0.2, 0) is 14.8 Å². The lowest BCUT2D eigenvalue weighted by Gasteiger charge is -2.34. The Balaban J connectivity index is 1.83. The molecule has 9 heteroatoms. The molecule has 0 aromatic heterocycles. The van der Waals surface area contributed by atoms with E-state index in [9.17, 15) is 18.0 Å². The molecule has 3 amide bonds. The van der Waals surface area contributed by atoms with Gasteiger partial charge in [0, 0.05) is 19.6 Å². The standard InChI is InChI=1S/C14H17N3O5S/c18-9-8-17-13(19)12-10-15(6-7-16(12)14(17)20)23(21,22)11-4-2-1-3-5-11/h1-5,12,18H,6-10H2. The fraction of sp³-hybridized carbons (Fsp3) is 0.429. The van der Waals surface area contributed by atoms with E-state index in [1.54, 1.807) is 18.2 Å². The van der Waals surface area contributed by atoms with Crippen LogP contribution in [0, 0.1) is 0 Å². The predicted molar refractivity (Wildman–Crippen MR) is 79.9 cm³/mol. The van der Waals surface area contributed by atoms with E-state index >= 15 is 0 Å². The maximum absolute atomic E-state index is 12.6. The van der Waals surface area contributed by atoms with Crippen molar-refractivity contribution in [1.82, 2.24) is 14.1 Å². The Bertz CT molecular complexity index is 721. The van der Waals surface area contributed by atoms with Gasteiger partial charge in [-0.1, -0.05) is 18.2 Å². The van der Waals surface area contributed by atoms with Crippen LogP contribution in [0.5, 0.6) is 0 Å². The van der Waals surface area contributed by atoms with Gasteiger partial charge in [-0.15, -0.1) is 0 Å². The number of hydrogen-bond donors (Lipinski definition) is 1. The molecule has 1 aromatic carbocycles. The number of carbonyl (C=O) groups excluding carboxylic acids is 2. The summed E-state index contributed by atoms with van der Waals surface area (Å²) in [5.41, 5.74) is 0. The number of aliphatic hydroxyl groups is 1. The molecule has 23 heavy (non-hydrogen) atoms. The van der Waals surface area contributed by atoms with Crippen molar-refractivity contribution in [3.05, 3.63) is 30.3 Å². The predicted octanol–water partition coefficient (Wildman–Crippen LogP) is -0.684. The number of hydrogen-bond acceptors (Lipinski definition) is 5. The second kappa shape index (κ2) is 5.91. The summed E-state index contributed by atoms with van der Waals surface area (Å²) in [4.78, 5) is 26.9. The number of carbonyl (C=O) groups is 2. The van der Waals surface area contributed by atoms with E-state index in [0.717, 1.165) is 4.90 Å². The molecular formula is C14H17N3O5S. The quantitative estimate of drug-likeness (QED) is 0.733. The Labute approximate surface area is 133 Å². The molecule has 2 fully saturated rings. The van der Waals surface area contributed by atoms with E-state index in [1.165, 1.54) is 21.3 Å². The summed E-state index contributed by atoms with van der Waals surface area (Å²) in [6, 6.07) is 6.71. The second-order valence-corrected chi connectivity index (χ2v) is 7.32. The Morgan fingerprint density at radius 2 is 1.83 bits per heavy atom. The molecule has 0 aliphatic carbocycles. The van der Waals surface area contributed by atoms with Crippen molar-refractivity contribution in [3.8, 4) is 0 Å². The van der Waals surface area contributed by atoms with E-state index in [0.29, 0.717) is 0 Å². The van der Waals surface area contributed by atoms with Crippen LogP contribution in [0.4, 0.5) is 4.79 Å². The summed E-state index contributed by atoms with van der Waals surface area (Å²) in [6.45, 7) is -0.160. The van der Waals surface area contributed by atoms with E-state index < -0.39 is 28.0 Å². The van der Waals surface area contributed by atoms with Crippen molar-refractivity contribution in [3.63, 3.8) is 0 Å². The van der Waals surface area contributed by atoms with Crippen LogP contribution < -0.4 is 0 Å². The summed E-state index contributed by atoms with van der Waals surface area (Å²) >= 11 is 0. The van der Waals surface area contributed by atoms with Crippen LogP contribution in [0.25, 0.3) is 0 Å². The van der Waals surface area contributed by atoms with Gasteiger partial charge in [-0.2, -0.15) is 4.31 Å². The molecular weight excluding hydrogens is 322 g/mol. The largest absolute Gasteiger partial charge is 0.395 e. The average Bonchev–Trinajstić information content (AvgIpc) is 2.81. The highest BCUT2D eigenvalue weighted by molar-refractivity contribution is 7.89. The van der Waals surface area contributed by atoms with Gasteiger partial charge in [-0.05, 0) is 12.1 Å². The first-order valence-electron chi connectivity index (χ1n) is 7.25. The summed E-state index contributed by atoms with van der Waals surface area (Å²) in [5.74, 6) is -0.461. The average molecular weight is 339 g/mol. The third-order valence-electron chi connectivity index (χ3n) is 4.08. The number of fused-ring (bicyclic) bond motifs is 1. The van der Waals surface area contributed by atoms with Gasteiger partial charge in [0.05, 0.1) is 18.0 Å². The lowest BCUT2D eigenvalue weighted by Crippen LogP contribution is -2.54. The first-order chi connectivity index (χ1) is 11.0.